The van der Waals surface area contributed by atoms with E-state index in [-0.39, 0.29) is 11.8 Å². The molecule has 0 aliphatic rings. The Morgan fingerprint density at radius 2 is 1.67 bits per heavy atom. The fraction of sp³-hybridized carbons (Fsp3) is 0.316. The number of rotatable bonds is 5. The van der Waals surface area contributed by atoms with E-state index in [4.69, 9.17) is 0 Å². The molecule has 0 fully saturated rings. The van der Waals surface area contributed by atoms with Crippen molar-refractivity contribution in [3.05, 3.63) is 65.7 Å². The predicted octanol–water partition coefficient (Wildman–Crippen LogP) is 4.76. The number of carbonyl (C=O) groups excluding carboxylic acids is 1. The van der Waals surface area contributed by atoms with Crippen molar-refractivity contribution in [2.24, 2.45) is 5.92 Å². The molecule has 0 saturated carbocycles. The first-order valence-corrected chi connectivity index (χ1v) is 7.54. The Hall–Kier alpha value is -2.09. The molecule has 1 amide bonds. The van der Waals surface area contributed by atoms with E-state index in [1.165, 1.54) is 5.56 Å². The topological polar surface area (TPSA) is 29.1 Å². The summed E-state index contributed by atoms with van der Waals surface area (Å²) in [7, 11) is 0. The summed E-state index contributed by atoms with van der Waals surface area (Å²) >= 11 is 0. The zero-order chi connectivity index (χ0) is 15.2. The van der Waals surface area contributed by atoms with Crippen LogP contribution in [0.2, 0.25) is 0 Å². The van der Waals surface area contributed by atoms with Crippen molar-refractivity contribution >= 4 is 11.6 Å². The number of benzene rings is 2. The van der Waals surface area contributed by atoms with Crippen LogP contribution in [0.4, 0.5) is 5.69 Å². The summed E-state index contributed by atoms with van der Waals surface area (Å²) in [6, 6.07) is 17.9. The van der Waals surface area contributed by atoms with Crippen molar-refractivity contribution in [2.45, 2.75) is 33.1 Å². The van der Waals surface area contributed by atoms with Gasteiger partial charge in [-0.2, -0.15) is 0 Å². The van der Waals surface area contributed by atoms with Gasteiger partial charge in [-0.1, -0.05) is 68.3 Å². The summed E-state index contributed by atoms with van der Waals surface area (Å²) in [5.41, 5.74) is 3.13. The summed E-state index contributed by atoms with van der Waals surface area (Å²) in [5, 5.41) is 3.04. The maximum atomic E-state index is 12.7. The van der Waals surface area contributed by atoms with Gasteiger partial charge in [-0.25, -0.2) is 0 Å². The molecular formula is C19H23NO. The van der Waals surface area contributed by atoms with E-state index in [1.54, 1.807) is 0 Å². The summed E-state index contributed by atoms with van der Waals surface area (Å²) in [6.07, 6.45) is 0.973. The third-order valence-corrected chi connectivity index (χ3v) is 3.97. The molecule has 0 saturated heterocycles. The fourth-order valence-electron chi connectivity index (χ4n) is 2.49. The molecule has 1 N–H and O–H groups in total. The lowest BCUT2D eigenvalue weighted by atomic mass is 9.85. The number of amides is 1. The quantitative estimate of drug-likeness (QED) is 0.841. The molecule has 0 aliphatic carbocycles. The summed E-state index contributed by atoms with van der Waals surface area (Å²) in [6.45, 7) is 6.30. The zero-order valence-corrected chi connectivity index (χ0v) is 13.0. The van der Waals surface area contributed by atoms with Crippen molar-refractivity contribution in [3.8, 4) is 0 Å². The second-order valence-corrected chi connectivity index (χ2v) is 5.63. The van der Waals surface area contributed by atoms with E-state index < -0.39 is 0 Å². The minimum atomic E-state index is -0.113. The third kappa shape index (κ3) is 3.94. The van der Waals surface area contributed by atoms with E-state index in [0.717, 1.165) is 17.7 Å². The van der Waals surface area contributed by atoms with Gasteiger partial charge in [-0.3, -0.25) is 4.79 Å². The van der Waals surface area contributed by atoms with Gasteiger partial charge in [0.1, 0.15) is 0 Å². The molecule has 2 unspecified atom stereocenters. The van der Waals surface area contributed by atoms with E-state index in [9.17, 15) is 4.79 Å². The smallest absolute Gasteiger partial charge is 0.232 e. The lowest BCUT2D eigenvalue weighted by Gasteiger charge is -2.22. The second-order valence-electron chi connectivity index (χ2n) is 5.63. The Labute approximate surface area is 127 Å². The van der Waals surface area contributed by atoms with Crippen molar-refractivity contribution in [1.29, 1.82) is 0 Å². The molecule has 0 spiro atoms. The normalized spacial score (nSPS) is 13.5. The molecule has 0 radical (unpaired) electrons. The summed E-state index contributed by atoms with van der Waals surface area (Å²) in [5.74, 6) is 0.259. The molecule has 2 nitrogen and oxygen atoms in total. The monoisotopic (exact) mass is 281 g/mol. The number of carbonyl (C=O) groups is 1. The molecule has 2 atom stereocenters. The molecule has 2 aromatic carbocycles. The maximum Gasteiger partial charge on any atom is 0.232 e. The first kappa shape index (κ1) is 15.3. The largest absolute Gasteiger partial charge is 0.326 e. The number of aryl methyl sites for hydroxylation is 1. The lowest BCUT2D eigenvalue weighted by molar-refractivity contribution is -0.118. The van der Waals surface area contributed by atoms with Crippen LogP contribution in [0.3, 0.4) is 0 Å². The van der Waals surface area contributed by atoms with Gasteiger partial charge in [0.25, 0.3) is 0 Å². The fourth-order valence-corrected chi connectivity index (χ4v) is 2.49. The molecule has 0 bridgehead atoms. The average molecular weight is 281 g/mol. The summed E-state index contributed by atoms with van der Waals surface area (Å²) in [4.78, 5) is 12.7. The van der Waals surface area contributed by atoms with Crippen LogP contribution in [0.1, 0.15) is 37.3 Å². The highest BCUT2D eigenvalue weighted by Gasteiger charge is 2.25. The lowest BCUT2D eigenvalue weighted by Crippen LogP contribution is -2.26. The molecule has 0 aromatic heterocycles. The van der Waals surface area contributed by atoms with Gasteiger partial charge in [-0.05, 0) is 30.5 Å². The number of hydrogen-bond acceptors (Lipinski definition) is 1. The van der Waals surface area contributed by atoms with Gasteiger partial charge in [0.05, 0.1) is 5.92 Å². The van der Waals surface area contributed by atoms with Crippen molar-refractivity contribution in [1.82, 2.24) is 0 Å². The molecule has 2 aromatic rings. The Morgan fingerprint density at radius 3 is 2.24 bits per heavy atom. The highest BCUT2D eigenvalue weighted by molar-refractivity contribution is 5.96. The van der Waals surface area contributed by atoms with Crippen LogP contribution in [0.15, 0.2) is 54.6 Å². The van der Waals surface area contributed by atoms with E-state index >= 15 is 0 Å². The minimum Gasteiger partial charge on any atom is -0.326 e. The minimum absolute atomic E-state index is 0.0689. The number of anilines is 1. The first-order chi connectivity index (χ1) is 10.1. The molecule has 2 rings (SSSR count). The van der Waals surface area contributed by atoms with Crippen molar-refractivity contribution < 1.29 is 4.79 Å². The molecule has 110 valence electrons. The Morgan fingerprint density at radius 1 is 1.05 bits per heavy atom. The molecule has 2 heteroatoms. The molecule has 0 aliphatic heterocycles. The number of hydrogen-bond donors (Lipinski definition) is 1. The van der Waals surface area contributed by atoms with Crippen LogP contribution >= 0.6 is 0 Å². The SMILES string of the molecule is CCC(C)C(C(=O)Nc1ccc(C)cc1)c1ccccc1. The van der Waals surface area contributed by atoms with Gasteiger partial charge in [0.2, 0.25) is 5.91 Å². The summed E-state index contributed by atoms with van der Waals surface area (Å²) < 4.78 is 0. The predicted molar refractivity (Wildman–Crippen MR) is 88.4 cm³/mol. The van der Waals surface area contributed by atoms with Crippen LogP contribution < -0.4 is 5.32 Å². The van der Waals surface area contributed by atoms with Crippen LogP contribution in [-0.4, -0.2) is 5.91 Å². The van der Waals surface area contributed by atoms with Gasteiger partial charge < -0.3 is 5.32 Å². The zero-order valence-electron chi connectivity index (χ0n) is 13.0. The molecular weight excluding hydrogens is 258 g/mol. The first-order valence-electron chi connectivity index (χ1n) is 7.54. The van der Waals surface area contributed by atoms with Gasteiger partial charge in [0, 0.05) is 5.69 Å². The Bertz CT molecular complexity index is 574. The van der Waals surface area contributed by atoms with E-state index in [1.807, 2.05) is 61.5 Å². The van der Waals surface area contributed by atoms with Crippen molar-refractivity contribution in [3.63, 3.8) is 0 Å². The Balaban J connectivity index is 2.20. The number of nitrogens with one attached hydrogen (secondary N) is 1. The standard InChI is InChI=1S/C19H23NO/c1-4-15(3)18(16-8-6-5-7-9-16)19(21)20-17-12-10-14(2)11-13-17/h5-13,15,18H,4H2,1-3H3,(H,20,21). The second kappa shape index (κ2) is 7.07. The van der Waals surface area contributed by atoms with Gasteiger partial charge in [0.15, 0.2) is 0 Å². The van der Waals surface area contributed by atoms with Crippen LogP contribution in [0.5, 0.6) is 0 Å². The van der Waals surface area contributed by atoms with E-state index in [0.29, 0.717) is 5.92 Å². The molecule has 0 heterocycles. The molecule has 21 heavy (non-hydrogen) atoms. The maximum absolute atomic E-state index is 12.7. The average Bonchev–Trinajstić information content (AvgIpc) is 2.50. The van der Waals surface area contributed by atoms with Crippen LogP contribution in [0, 0.1) is 12.8 Å². The highest BCUT2D eigenvalue weighted by Crippen LogP contribution is 2.28. The van der Waals surface area contributed by atoms with Gasteiger partial charge >= 0.3 is 0 Å². The van der Waals surface area contributed by atoms with E-state index in [2.05, 4.69) is 19.2 Å². The van der Waals surface area contributed by atoms with Crippen molar-refractivity contribution in [2.75, 3.05) is 5.32 Å². The highest BCUT2D eigenvalue weighted by atomic mass is 16.1. The Kier molecular flexibility index (Phi) is 5.15. The van der Waals surface area contributed by atoms with Crippen LogP contribution in [-0.2, 0) is 4.79 Å². The van der Waals surface area contributed by atoms with Crippen LogP contribution in [0.25, 0.3) is 0 Å². The third-order valence-electron chi connectivity index (χ3n) is 3.97. The van der Waals surface area contributed by atoms with Gasteiger partial charge in [-0.15, -0.1) is 0 Å².